The van der Waals surface area contributed by atoms with E-state index in [4.69, 9.17) is 11.6 Å². The summed E-state index contributed by atoms with van der Waals surface area (Å²) >= 11 is 6.12. The first-order valence-corrected chi connectivity index (χ1v) is 8.05. The lowest BCUT2D eigenvalue weighted by Gasteiger charge is -2.14. The molecule has 4 heteroatoms. The minimum Gasteiger partial charge on any atom is -0.270 e. The molecule has 1 aromatic heterocycles. The Bertz CT molecular complexity index is 580. The van der Waals surface area contributed by atoms with Crippen molar-refractivity contribution in [2.75, 3.05) is 5.88 Å². The highest BCUT2D eigenvalue weighted by molar-refractivity contribution is 6.18. The number of halogens is 2. The predicted octanol–water partition coefficient (Wildman–Crippen LogP) is 4.24. The van der Waals surface area contributed by atoms with Crippen LogP contribution in [0.25, 0.3) is 0 Å². The fraction of sp³-hybridized carbons (Fsp3) is 0.471. The molecular weight excluding hydrogens is 287 g/mol. The second-order valence-corrected chi connectivity index (χ2v) is 5.66. The van der Waals surface area contributed by atoms with Crippen molar-refractivity contribution in [3.63, 3.8) is 0 Å². The molecule has 2 rings (SSSR count). The van der Waals surface area contributed by atoms with Crippen molar-refractivity contribution in [1.29, 1.82) is 0 Å². The Morgan fingerprint density at radius 3 is 2.67 bits per heavy atom. The third kappa shape index (κ3) is 4.31. The van der Waals surface area contributed by atoms with Gasteiger partial charge in [0.25, 0.3) is 0 Å². The highest BCUT2D eigenvalue weighted by Crippen LogP contribution is 2.18. The maximum atomic E-state index is 13.3. The van der Waals surface area contributed by atoms with Gasteiger partial charge in [-0.05, 0) is 55.9 Å². The number of rotatable bonds is 7. The van der Waals surface area contributed by atoms with Gasteiger partial charge in [0.2, 0.25) is 0 Å². The number of hydrogen-bond acceptors (Lipinski definition) is 1. The summed E-state index contributed by atoms with van der Waals surface area (Å²) in [6, 6.07) is 8.93. The monoisotopic (exact) mass is 308 g/mol. The standard InChI is InChI=1S/C17H22ClFN2/c1-3-16-11-17(21(4-2)20-16)10-14(12-18)8-13-6-5-7-15(19)9-13/h5-7,9,11,14H,3-4,8,10,12H2,1-2H3. The average Bonchev–Trinajstić information content (AvgIpc) is 2.88. The van der Waals surface area contributed by atoms with Gasteiger partial charge in [0.05, 0.1) is 5.69 Å². The Morgan fingerprint density at radius 2 is 2.05 bits per heavy atom. The molecule has 2 aromatic rings. The molecule has 0 aliphatic rings. The fourth-order valence-electron chi connectivity index (χ4n) is 2.60. The van der Waals surface area contributed by atoms with Gasteiger partial charge in [0, 0.05) is 18.1 Å². The topological polar surface area (TPSA) is 17.8 Å². The van der Waals surface area contributed by atoms with E-state index in [1.165, 1.54) is 11.8 Å². The van der Waals surface area contributed by atoms with Crippen LogP contribution in [0, 0.1) is 11.7 Å². The molecule has 0 N–H and O–H groups in total. The van der Waals surface area contributed by atoms with Crippen molar-refractivity contribution in [1.82, 2.24) is 9.78 Å². The SMILES string of the molecule is CCc1cc(CC(CCl)Cc2cccc(F)c2)n(CC)n1. The molecule has 0 saturated heterocycles. The lowest BCUT2D eigenvalue weighted by Crippen LogP contribution is -2.14. The van der Waals surface area contributed by atoms with E-state index in [9.17, 15) is 4.39 Å². The van der Waals surface area contributed by atoms with Crippen LogP contribution in [-0.4, -0.2) is 15.7 Å². The van der Waals surface area contributed by atoms with Gasteiger partial charge in [0.1, 0.15) is 5.82 Å². The lowest BCUT2D eigenvalue weighted by molar-refractivity contribution is 0.529. The van der Waals surface area contributed by atoms with Crippen LogP contribution >= 0.6 is 11.6 Å². The van der Waals surface area contributed by atoms with E-state index in [-0.39, 0.29) is 5.82 Å². The summed E-state index contributed by atoms with van der Waals surface area (Å²) in [6.07, 6.45) is 2.61. The molecule has 1 unspecified atom stereocenters. The number of nitrogens with zero attached hydrogens (tertiary/aromatic N) is 2. The summed E-state index contributed by atoms with van der Waals surface area (Å²) in [5.41, 5.74) is 3.33. The minimum absolute atomic E-state index is 0.187. The van der Waals surface area contributed by atoms with Gasteiger partial charge in [0.15, 0.2) is 0 Å². The van der Waals surface area contributed by atoms with Crippen LogP contribution in [-0.2, 0) is 25.8 Å². The zero-order chi connectivity index (χ0) is 15.2. The van der Waals surface area contributed by atoms with Crippen molar-refractivity contribution in [3.05, 3.63) is 53.1 Å². The Labute approximate surface area is 130 Å². The molecule has 0 aliphatic heterocycles. The first-order chi connectivity index (χ1) is 10.2. The highest BCUT2D eigenvalue weighted by Gasteiger charge is 2.14. The maximum Gasteiger partial charge on any atom is 0.123 e. The van der Waals surface area contributed by atoms with Crippen LogP contribution in [0.4, 0.5) is 4.39 Å². The van der Waals surface area contributed by atoms with Crippen molar-refractivity contribution >= 4 is 11.6 Å². The first-order valence-electron chi connectivity index (χ1n) is 7.52. The van der Waals surface area contributed by atoms with Crippen LogP contribution in [0.3, 0.4) is 0 Å². The van der Waals surface area contributed by atoms with Gasteiger partial charge in [-0.25, -0.2) is 4.39 Å². The molecule has 0 amide bonds. The molecule has 1 atom stereocenters. The normalized spacial score (nSPS) is 12.6. The summed E-state index contributed by atoms with van der Waals surface area (Å²) in [6.45, 7) is 5.07. The van der Waals surface area contributed by atoms with Crippen molar-refractivity contribution < 1.29 is 4.39 Å². The summed E-state index contributed by atoms with van der Waals surface area (Å²) in [4.78, 5) is 0. The average molecular weight is 309 g/mol. The molecule has 114 valence electrons. The molecule has 0 saturated carbocycles. The third-order valence-electron chi connectivity index (χ3n) is 3.71. The minimum atomic E-state index is -0.187. The van der Waals surface area contributed by atoms with Crippen LogP contribution in [0.5, 0.6) is 0 Å². The van der Waals surface area contributed by atoms with Gasteiger partial charge >= 0.3 is 0 Å². The molecule has 2 nitrogen and oxygen atoms in total. The number of aromatic nitrogens is 2. The van der Waals surface area contributed by atoms with E-state index in [2.05, 4.69) is 25.0 Å². The summed E-state index contributed by atoms with van der Waals surface area (Å²) in [5, 5.41) is 4.57. The quantitative estimate of drug-likeness (QED) is 0.699. The number of hydrogen-bond donors (Lipinski definition) is 0. The molecular formula is C17H22ClFN2. The van der Waals surface area contributed by atoms with E-state index in [1.54, 1.807) is 12.1 Å². The number of benzene rings is 1. The van der Waals surface area contributed by atoms with Gasteiger partial charge < -0.3 is 0 Å². The third-order valence-corrected chi connectivity index (χ3v) is 4.14. The Kier molecular flexibility index (Phi) is 5.80. The first kappa shape index (κ1) is 16.0. The fourth-order valence-corrected chi connectivity index (χ4v) is 2.82. The van der Waals surface area contributed by atoms with Gasteiger partial charge in [-0.3, -0.25) is 4.68 Å². The van der Waals surface area contributed by atoms with Crippen LogP contribution in [0.15, 0.2) is 30.3 Å². The second-order valence-electron chi connectivity index (χ2n) is 5.35. The Morgan fingerprint density at radius 1 is 1.24 bits per heavy atom. The van der Waals surface area contributed by atoms with E-state index in [0.29, 0.717) is 11.8 Å². The van der Waals surface area contributed by atoms with Crippen LogP contribution in [0.1, 0.15) is 30.8 Å². The maximum absolute atomic E-state index is 13.3. The molecule has 0 bridgehead atoms. The zero-order valence-corrected chi connectivity index (χ0v) is 13.4. The highest BCUT2D eigenvalue weighted by atomic mass is 35.5. The van der Waals surface area contributed by atoms with E-state index in [1.807, 2.05) is 10.7 Å². The number of aryl methyl sites for hydroxylation is 2. The molecule has 1 aromatic carbocycles. The van der Waals surface area contributed by atoms with Gasteiger partial charge in [-0.1, -0.05) is 19.1 Å². The summed E-state index contributed by atoms with van der Waals surface area (Å²) in [7, 11) is 0. The second kappa shape index (κ2) is 7.60. The van der Waals surface area contributed by atoms with Crippen molar-refractivity contribution in [2.45, 2.75) is 39.7 Å². The molecule has 0 radical (unpaired) electrons. The largest absolute Gasteiger partial charge is 0.270 e. The Hall–Kier alpha value is -1.35. The smallest absolute Gasteiger partial charge is 0.123 e. The molecule has 21 heavy (non-hydrogen) atoms. The molecule has 0 aliphatic carbocycles. The summed E-state index contributed by atoms with van der Waals surface area (Å²) in [5.74, 6) is 0.667. The van der Waals surface area contributed by atoms with Crippen LogP contribution < -0.4 is 0 Å². The van der Waals surface area contributed by atoms with E-state index < -0.39 is 0 Å². The number of alkyl halides is 1. The predicted molar refractivity (Wildman–Crippen MR) is 85.3 cm³/mol. The Balaban J connectivity index is 2.10. The van der Waals surface area contributed by atoms with Crippen molar-refractivity contribution in [2.24, 2.45) is 5.92 Å². The molecule has 0 spiro atoms. The van der Waals surface area contributed by atoms with E-state index >= 15 is 0 Å². The van der Waals surface area contributed by atoms with Gasteiger partial charge in [-0.2, -0.15) is 5.10 Å². The van der Waals surface area contributed by atoms with Crippen LogP contribution in [0.2, 0.25) is 0 Å². The lowest BCUT2D eigenvalue weighted by atomic mass is 9.96. The molecule has 1 heterocycles. The van der Waals surface area contributed by atoms with Gasteiger partial charge in [-0.15, -0.1) is 11.6 Å². The van der Waals surface area contributed by atoms with Crippen molar-refractivity contribution in [3.8, 4) is 0 Å². The molecule has 0 fully saturated rings. The van der Waals surface area contributed by atoms with E-state index in [0.717, 1.165) is 37.1 Å². The summed E-state index contributed by atoms with van der Waals surface area (Å²) < 4.78 is 15.3. The zero-order valence-electron chi connectivity index (χ0n) is 12.6.